The minimum atomic E-state index is -0.365. The fourth-order valence-electron chi connectivity index (χ4n) is 2.51. The molecule has 3 rings (SSSR count). The maximum Gasteiger partial charge on any atom is 0.256 e. The van der Waals surface area contributed by atoms with Crippen LogP contribution in [0.5, 0.6) is 5.75 Å². The van der Waals surface area contributed by atoms with Crippen LogP contribution >= 0.6 is 11.6 Å². The van der Waals surface area contributed by atoms with E-state index in [4.69, 9.17) is 16.3 Å². The van der Waals surface area contributed by atoms with Crippen molar-refractivity contribution in [3.63, 3.8) is 0 Å². The van der Waals surface area contributed by atoms with Gasteiger partial charge in [0.15, 0.2) is 5.78 Å². The molecule has 0 unspecified atom stereocenters. The van der Waals surface area contributed by atoms with Crippen LogP contribution in [0.3, 0.4) is 0 Å². The van der Waals surface area contributed by atoms with Crippen LogP contribution in [0.1, 0.15) is 26.3 Å². The largest absolute Gasteiger partial charge is 0.497 e. The van der Waals surface area contributed by atoms with E-state index in [0.29, 0.717) is 22.0 Å². The topological polar surface area (TPSA) is 55.4 Å². The number of nitrogens with one attached hydrogen (secondary N) is 1. The highest BCUT2D eigenvalue weighted by atomic mass is 35.5. The molecule has 1 amide bonds. The molecule has 4 nitrogen and oxygen atoms in total. The summed E-state index contributed by atoms with van der Waals surface area (Å²) >= 11 is 5.89. The van der Waals surface area contributed by atoms with E-state index in [0.717, 1.165) is 0 Å². The number of para-hydroxylation sites is 1. The molecule has 0 aliphatic carbocycles. The third-order valence-corrected chi connectivity index (χ3v) is 4.11. The number of halogens is 1. The number of methoxy groups -OCH3 is 1. The highest BCUT2D eigenvalue weighted by Gasteiger charge is 2.19. The second kappa shape index (κ2) is 7.85. The first-order valence-electron chi connectivity index (χ1n) is 7.93. The number of ether oxygens (including phenoxy) is 1. The van der Waals surface area contributed by atoms with Crippen molar-refractivity contribution in [1.29, 1.82) is 0 Å². The molecular weight excluding hydrogens is 350 g/mol. The number of ketones is 1. The normalized spacial score (nSPS) is 10.2. The molecule has 0 saturated carbocycles. The first-order valence-corrected chi connectivity index (χ1v) is 8.31. The van der Waals surface area contributed by atoms with E-state index in [1.165, 1.54) is 7.11 Å². The van der Waals surface area contributed by atoms with Crippen molar-refractivity contribution in [1.82, 2.24) is 0 Å². The third-order valence-electron chi connectivity index (χ3n) is 3.85. The molecule has 0 spiro atoms. The molecule has 5 heteroatoms. The molecule has 0 aliphatic rings. The summed E-state index contributed by atoms with van der Waals surface area (Å²) in [6.07, 6.45) is 0. The SMILES string of the molecule is COc1ccc(C(=O)Nc2ccccc2)c(C(=O)c2ccc(Cl)cc2)c1. The molecule has 130 valence electrons. The number of rotatable bonds is 5. The van der Waals surface area contributed by atoms with E-state index in [1.54, 1.807) is 54.6 Å². The monoisotopic (exact) mass is 365 g/mol. The lowest BCUT2D eigenvalue weighted by Gasteiger charge is -2.11. The van der Waals surface area contributed by atoms with Gasteiger partial charge in [-0.2, -0.15) is 0 Å². The number of carbonyl (C=O) groups excluding carboxylic acids is 2. The molecule has 0 saturated heterocycles. The highest BCUT2D eigenvalue weighted by molar-refractivity contribution is 6.30. The molecule has 0 fully saturated rings. The Morgan fingerprint density at radius 3 is 2.23 bits per heavy atom. The number of carbonyl (C=O) groups is 2. The van der Waals surface area contributed by atoms with Gasteiger partial charge >= 0.3 is 0 Å². The number of hydrogen-bond donors (Lipinski definition) is 1. The van der Waals surface area contributed by atoms with Crippen LogP contribution in [0.25, 0.3) is 0 Å². The third kappa shape index (κ3) is 3.92. The summed E-state index contributed by atoms with van der Waals surface area (Å²) in [6, 6.07) is 20.4. The summed E-state index contributed by atoms with van der Waals surface area (Å²) < 4.78 is 5.21. The average Bonchev–Trinajstić information content (AvgIpc) is 2.68. The maximum atomic E-state index is 12.9. The summed E-state index contributed by atoms with van der Waals surface area (Å²) in [6.45, 7) is 0. The van der Waals surface area contributed by atoms with Crippen LogP contribution in [0.2, 0.25) is 5.02 Å². The lowest BCUT2D eigenvalue weighted by molar-refractivity contribution is 0.0996. The quantitative estimate of drug-likeness (QED) is 0.659. The Balaban J connectivity index is 1.98. The van der Waals surface area contributed by atoms with Gasteiger partial charge in [0.2, 0.25) is 0 Å². The van der Waals surface area contributed by atoms with Gasteiger partial charge in [0, 0.05) is 21.8 Å². The standard InChI is InChI=1S/C21H16ClNO3/c1-26-17-11-12-18(21(25)23-16-5-3-2-4-6-16)19(13-17)20(24)14-7-9-15(22)10-8-14/h2-13H,1H3,(H,23,25). The van der Waals surface area contributed by atoms with Gasteiger partial charge in [0.1, 0.15) is 5.75 Å². The van der Waals surface area contributed by atoms with Crippen molar-refractivity contribution in [2.24, 2.45) is 0 Å². The number of anilines is 1. The minimum Gasteiger partial charge on any atom is -0.497 e. The molecule has 1 N–H and O–H groups in total. The highest BCUT2D eigenvalue weighted by Crippen LogP contribution is 2.23. The van der Waals surface area contributed by atoms with E-state index in [1.807, 2.05) is 18.2 Å². The lowest BCUT2D eigenvalue weighted by atomic mass is 9.97. The molecule has 0 bridgehead atoms. The van der Waals surface area contributed by atoms with Gasteiger partial charge in [-0.15, -0.1) is 0 Å². The van der Waals surface area contributed by atoms with Crippen LogP contribution < -0.4 is 10.1 Å². The van der Waals surface area contributed by atoms with Crippen molar-refractivity contribution < 1.29 is 14.3 Å². The molecule has 0 aromatic heterocycles. The van der Waals surface area contributed by atoms with Crippen LogP contribution in [0.15, 0.2) is 72.8 Å². The summed E-state index contributed by atoms with van der Waals surface area (Å²) in [5.74, 6) is -0.145. The van der Waals surface area contributed by atoms with Gasteiger partial charge in [-0.25, -0.2) is 0 Å². The van der Waals surface area contributed by atoms with Gasteiger partial charge in [-0.1, -0.05) is 29.8 Å². The van der Waals surface area contributed by atoms with Crippen LogP contribution in [0, 0.1) is 0 Å². The summed E-state index contributed by atoms with van der Waals surface area (Å²) in [4.78, 5) is 25.6. The van der Waals surface area contributed by atoms with E-state index in [2.05, 4.69) is 5.32 Å². The molecule has 0 atom stereocenters. The van der Waals surface area contributed by atoms with Gasteiger partial charge < -0.3 is 10.1 Å². The zero-order valence-electron chi connectivity index (χ0n) is 14.0. The second-order valence-electron chi connectivity index (χ2n) is 5.57. The molecule has 3 aromatic rings. The van der Waals surface area contributed by atoms with E-state index < -0.39 is 0 Å². The number of hydrogen-bond acceptors (Lipinski definition) is 3. The first kappa shape index (κ1) is 17.7. The number of benzene rings is 3. The maximum absolute atomic E-state index is 12.9. The van der Waals surface area contributed by atoms with Crippen molar-refractivity contribution in [2.45, 2.75) is 0 Å². The Kier molecular flexibility index (Phi) is 5.34. The Hall–Kier alpha value is -3.11. The Morgan fingerprint density at radius 1 is 0.885 bits per heavy atom. The average molecular weight is 366 g/mol. The molecule has 3 aromatic carbocycles. The van der Waals surface area contributed by atoms with Gasteiger partial charge in [-0.05, 0) is 54.6 Å². The summed E-state index contributed by atoms with van der Waals surface area (Å²) in [5.41, 5.74) is 1.63. The Bertz CT molecular complexity index is 937. The fourth-order valence-corrected chi connectivity index (χ4v) is 2.64. The van der Waals surface area contributed by atoms with Crippen molar-refractivity contribution in [3.8, 4) is 5.75 Å². The molecule has 0 radical (unpaired) electrons. The lowest BCUT2D eigenvalue weighted by Crippen LogP contribution is -2.17. The molecule has 0 heterocycles. The second-order valence-corrected chi connectivity index (χ2v) is 6.00. The van der Waals surface area contributed by atoms with Crippen molar-refractivity contribution in [2.75, 3.05) is 12.4 Å². The smallest absolute Gasteiger partial charge is 0.256 e. The molecule has 0 aliphatic heterocycles. The van der Waals surface area contributed by atoms with Gasteiger partial charge in [0.25, 0.3) is 5.91 Å². The van der Waals surface area contributed by atoms with Crippen LogP contribution in [-0.2, 0) is 0 Å². The van der Waals surface area contributed by atoms with Crippen molar-refractivity contribution >= 4 is 29.0 Å². The first-order chi connectivity index (χ1) is 12.6. The molecular formula is C21H16ClNO3. The zero-order chi connectivity index (χ0) is 18.5. The van der Waals surface area contributed by atoms with Crippen molar-refractivity contribution in [3.05, 3.63) is 94.5 Å². The minimum absolute atomic E-state index is 0.264. The van der Waals surface area contributed by atoms with E-state index in [9.17, 15) is 9.59 Å². The Morgan fingerprint density at radius 2 is 1.58 bits per heavy atom. The number of amides is 1. The molecule has 26 heavy (non-hydrogen) atoms. The Labute approximate surface area is 156 Å². The van der Waals surface area contributed by atoms with Gasteiger partial charge in [0.05, 0.1) is 12.7 Å². The fraction of sp³-hybridized carbons (Fsp3) is 0.0476. The predicted molar refractivity (Wildman–Crippen MR) is 102 cm³/mol. The summed E-state index contributed by atoms with van der Waals surface area (Å²) in [5, 5.41) is 3.33. The predicted octanol–water partition coefficient (Wildman–Crippen LogP) is 4.83. The zero-order valence-corrected chi connectivity index (χ0v) is 14.8. The van der Waals surface area contributed by atoms with E-state index >= 15 is 0 Å². The summed E-state index contributed by atoms with van der Waals surface area (Å²) in [7, 11) is 1.51. The van der Waals surface area contributed by atoms with Crippen LogP contribution in [0.4, 0.5) is 5.69 Å². The van der Waals surface area contributed by atoms with Gasteiger partial charge in [-0.3, -0.25) is 9.59 Å². The van der Waals surface area contributed by atoms with Crippen LogP contribution in [-0.4, -0.2) is 18.8 Å². The van der Waals surface area contributed by atoms with E-state index in [-0.39, 0.29) is 22.8 Å².